The fraction of sp³-hybridized carbons (Fsp3) is 0.130. The van der Waals surface area contributed by atoms with Crippen molar-refractivity contribution in [2.24, 2.45) is 0 Å². The first-order valence-corrected chi connectivity index (χ1v) is 8.50. The lowest BCUT2D eigenvalue weighted by atomic mass is 10.1. The van der Waals surface area contributed by atoms with Gasteiger partial charge in [-0.1, -0.05) is 73.9 Å². The predicted octanol–water partition coefficient (Wildman–Crippen LogP) is 4.71. The summed E-state index contributed by atoms with van der Waals surface area (Å²) in [4.78, 5) is 24.4. The van der Waals surface area contributed by atoms with Gasteiger partial charge >= 0.3 is 11.9 Å². The zero-order valence-electron chi connectivity index (χ0n) is 15.3. The van der Waals surface area contributed by atoms with Crippen LogP contribution >= 0.6 is 0 Å². The molecule has 0 unspecified atom stereocenters. The lowest BCUT2D eigenvalue weighted by molar-refractivity contribution is -0.148. The van der Waals surface area contributed by atoms with Gasteiger partial charge in [0.15, 0.2) is 0 Å². The molecule has 0 amide bonds. The van der Waals surface area contributed by atoms with Gasteiger partial charge in [0, 0.05) is 0 Å². The minimum Gasteiger partial charge on any atom is -0.457 e. The minimum atomic E-state index is -0.714. The number of esters is 2. The smallest absolute Gasteiger partial charge is 0.345 e. The molecule has 0 saturated heterocycles. The number of rotatable bonds is 8. The van der Waals surface area contributed by atoms with Crippen LogP contribution in [0.4, 0.5) is 0 Å². The number of carbonyl (C=O) groups excluding carboxylic acids is 2. The van der Waals surface area contributed by atoms with E-state index in [9.17, 15) is 9.59 Å². The molecule has 0 aliphatic rings. The Labute approximate surface area is 159 Å². The monoisotopic (exact) mass is 362 g/mol. The highest BCUT2D eigenvalue weighted by atomic mass is 16.6. The third kappa shape index (κ3) is 5.82. The highest BCUT2D eigenvalue weighted by Crippen LogP contribution is 2.12. The molecule has 27 heavy (non-hydrogen) atoms. The van der Waals surface area contributed by atoms with Crippen LogP contribution in [-0.2, 0) is 32.3 Å². The maximum atomic E-state index is 12.2. The number of benzene rings is 2. The lowest BCUT2D eigenvalue weighted by Gasteiger charge is -2.09. The summed E-state index contributed by atoms with van der Waals surface area (Å²) in [6.45, 7) is 9.12. The minimum absolute atomic E-state index is 0.0636. The number of hydrogen-bond donors (Lipinski definition) is 0. The Bertz CT molecular complexity index is 860. The molecule has 4 nitrogen and oxygen atoms in total. The number of allylic oxidation sites excluding steroid dienone is 1. The van der Waals surface area contributed by atoms with Gasteiger partial charge in [0.2, 0.25) is 0 Å². The first kappa shape index (κ1) is 19.9. The van der Waals surface area contributed by atoms with Crippen LogP contribution in [0.1, 0.15) is 29.2 Å². The molecule has 138 valence electrons. The van der Waals surface area contributed by atoms with Crippen LogP contribution in [-0.4, -0.2) is 11.9 Å². The molecule has 0 heterocycles. The zero-order valence-corrected chi connectivity index (χ0v) is 15.3. The molecule has 0 N–H and O–H groups in total. The van der Waals surface area contributed by atoms with Crippen LogP contribution in [0.2, 0.25) is 0 Å². The lowest BCUT2D eigenvalue weighted by Crippen LogP contribution is -2.18. The van der Waals surface area contributed by atoms with E-state index in [4.69, 9.17) is 9.47 Å². The molecule has 2 rings (SSSR count). The fourth-order valence-electron chi connectivity index (χ4n) is 2.33. The summed E-state index contributed by atoms with van der Waals surface area (Å²) in [7, 11) is 0. The van der Waals surface area contributed by atoms with Crippen molar-refractivity contribution in [1.82, 2.24) is 0 Å². The van der Waals surface area contributed by atoms with Gasteiger partial charge in [0.05, 0.1) is 0 Å². The number of carbonyl (C=O) groups is 2. The average molecular weight is 362 g/mol. The molecule has 0 fully saturated rings. The summed E-state index contributed by atoms with van der Waals surface area (Å²) in [5, 5.41) is 0. The molecule has 0 bridgehead atoms. The SMILES string of the molecule is C=Cc1ccc(COC(=O)C(=CC)C(=O)OCc2cccc(C=C)c2)cc1. The highest BCUT2D eigenvalue weighted by molar-refractivity contribution is 6.13. The van der Waals surface area contributed by atoms with E-state index < -0.39 is 11.9 Å². The van der Waals surface area contributed by atoms with Crippen LogP contribution < -0.4 is 0 Å². The Kier molecular flexibility index (Phi) is 7.32. The van der Waals surface area contributed by atoms with Crippen LogP contribution in [0.15, 0.2) is 73.3 Å². The van der Waals surface area contributed by atoms with Crippen molar-refractivity contribution in [2.45, 2.75) is 20.1 Å². The molecule has 4 heteroatoms. The van der Waals surface area contributed by atoms with E-state index in [-0.39, 0.29) is 18.8 Å². The van der Waals surface area contributed by atoms with Gasteiger partial charge in [0.1, 0.15) is 18.8 Å². The molecule has 0 radical (unpaired) electrons. The summed E-state index contributed by atoms with van der Waals surface area (Å²) in [6, 6.07) is 14.9. The standard InChI is InChI=1S/C23H22O4/c1-4-17-10-12-19(13-11-17)15-26-22(24)21(6-3)23(25)27-16-20-9-7-8-18(5-2)14-20/h4-14H,1-2,15-16H2,3H3. The molecule has 0 atom stereocenters. The first-order valence-electron chi connectivity index (χ1n) is 8.50. The van der Waals surface area contributed by atoms with Crippen molar-refractivity contribution in [3.63, 3.8) is 0 Å². The van der Waals surface area contributed by atoms with E-state index in [1.54, 1.807) is 19.1 Å². The van der Waals surface area contributed by atoms with Crippen LogP contribution in [0.3, 0.4) is 0 Å². The largest absolute Gasteiger partial charge is 0.457 e. The second-order valence-electron chi connectivity index (χ2n) is 5.75. The Morgan fingerprint density at radius 3 is 2.00 bits per heavy atom. The molecular weight excluding hydrogens is 340 g/mol. The number of ether oxygens (including phenoxy) is 2. The van der Waals surface area contributed by atoms with E-state index in [1.807, 2.05) is 48.5 Å². The molecule has 0 saturated carbocycles. The third-order valence-electron chi connectivity index (χ3n) is 3.87. The van der Waals surface area contributed by atoms with Crippen LogP contribution in [0, 0.1) is 0 Å². The molecular formula is C23H22O4. The maximum Gasteiger partial charge on any atom is 0.345 e. The van der Waals surface area contributed by atoms with Crippen molar-refractivity contribution in [3.8, 4) is 0 Å². The van der Waals surface area contributed by atoms with Crippen molar-refractivity contribution < 1.29 is 19.1 Å². The van der Waals surface area contributed by atoms with E-state index in [2.05, 4.69) is 13.2 Å². The van der Waals surface area contributed by atoms with Gasteiger partial charge in [0.25, 0.3) is 0 Å². The van der Waals surface area contributed by atoms with Crippen LogP contribution in [0.5, 0.6) is 0 Å². The van der Waals surface area contributed by atoms with Gasteiger partial charge in [-0.3, -0.25) is 0 Å². The van der Waals surface area contributed by atoms with Gasteiger partial charge in [-0.15, -0.1) is 0 Å². The summed E-state index contributed by atoms with van der Waals surface area (Å²) in [6.07, 6.45) is 4.84. The van der Waals surface area contributed by atoms with Crippen LogP contribution in [0.25, 0.3) is 12.2 Å². The second-order valence-corrected chi connectivity index (χ2v) is 5.75. The van der Waals surface area contributed by atoms with E-state index in [1.165, 1.54) is 6.08 Å². The van der Waals surface area contributed by atoms with Crippen molar-refractivity contribution >= 4 is 24.1 Å². The van der Waals surface area contributed by atoms with Gasteiger partial charge in [-0.05, 0) is 35.2 Å². The van der Waals surface area contributed by atoms with Crippen molar-refractivity contribution in [3.05, 3.63) is 95.6 Å². The summed E-state index contributed by atoms with van der Waals surface area (Å²) in [5.74, 6) is -1.43. The summed E-state index contributed by atoms with van der Waals surface area (Å²) in [5.41, 5.74) is 3.41. The molecule has 2 aromatic carbocycles. The Hall–Kier alpha value is -3.40. The summed E-state index contributed by atoms with van der Waals surface area (Å²) >= 11 is 0. The van der Waals surface area contributed by atoms with E-state index in [0.717, 1.165) is 22.3 Å². The normalized spacial score (nSPS) is 10.8. The Morgan fingerprint density at radius 2 is 1.44 bits per heavy atom. The quantitative estimate of drug-likeness (QED) is 0.295. The molecule has 0 aliphatic carbocycles. The molecule has 0 spiro atoms. The zero-order chi connectivity index (χ0) is 19.6. The molecule has 0 aromatic heterocycles. The average Bonchev–Trinajstić information content (AvgIpc) is 2.71. The Balaban J connectivity index is 1.91. The first-order chi connectivity index (χ1) is 13.1. The number of hydrogen-bond acceptors (Lipinski definition) is 4. The van der Waals surface area contributed by atoms with Gasteiger partial charge in [-0.25, -0.2) is 9.59 Å². The predicted molar refractivity (Wildman–Crippen MR) is 106 cm³/mol. The second kappa shape index (κ2) is 9.92. The summed E-state index contributed by atoms with van der Waals surface area (Å²) < 4.78 is 10.4. The maximum absolute atomic E-state index is 12.2. The topological polar surface area (TPSA) is 52.6 Å². The fourth-order valence-corrected chi connectivity index (χ4v) is 2.33. The highest BCUT2D eigenvalue weighted by Gasteiger charge is 2.20. The van der Waals surface area contributed by atoms with Crippen molar-refractivity contribution in [2.75, 3.05) is 0 Å². The van der Waals surface area contributed by atoms with E-state index >= 15 is 0 Å². The van der Waals surface area contributed by atoms with Crippen molar-refractivity contribution in [1.29, 1.82) is 0 Å². The van der Waals surface area contributed by atoms with Gasteiger partial charge < -0.3 is 9.47 Å². The van der Waals surface area contributed by atoms with E-state index in [0.29, 0.717) is 0 Å². The molecule has 2 aromatic rings. The molecule has 0 aliphatic heterocycles. The third-order valence-corrected chi connectivity index (χ3v) is 3.87. The van der Waals surface area contributed by atoms with Gasteiger partial charge in [-0.2, -0.15) is 0 Å². The Morgan fingerprint density at radius 1 is 0.852 bits per heavy atom.